The molecule has 8 heteroatoms. The van der Waals surface area contributed by atoms with Gasteiger partial charge in [-0.1, -0.05) is 30.3 Å². The number of halogens is 3. The van der Waals surface area contributed by atoms with Gasteiger partial charge in [-0.05, 0) is 5.56 Å². The number of amides is 1. The molecule has 0 spiro atoms. The summed E-state index contributed by atoms with van der Waals surface area (Å²) in [5.74, 6) is -5.44. The van der Waals surface area contributed by atoms with Crippen LogP contribution in [0, 0.1) is 11.8 Å². The van der Waals surface area contributed by atoms with E-state index in [1.165, 1.54) is 23.9 Å². The van der Waals surface area contributed by atoms with Crippen LogP contribution in [0.4, 0.5) is 13.2 Å². The van der Waals surface area contributed by atoms with Gasteiger partial charge in [0.15, 0.2) is 0 Å². The van der Waals surface area contributed by atoms with Crippen molar-refractivity contribution in [2.24, 2.45) is 11.8 Å². The molecule has 1 aliphatic rings. The minimum Gasteiger partial charge on any atom is -0.481 e. The summed E-state index contributed by atoms with van der Waals surface area (Å²) in [4.78, 5) is 26.4. The summed E-state index contributed by atoms with van der Waals surface area (Å²) in [6.45, 7) is -0.835. The topological polar surface area (TPSA) is 60.9 Å². The molecule has 0 aromatic heterocycles. The van der Waals surface area contributed by atoms with Crippen LogP contribution in [-0.4, -0.2) is 60.1 Å². The van der Waals surface area contributed by atoms with Crippen LogP contribution in [0.25, 0.3) is 0 Å². The summed E-state index contributed by atoms with van der Waals surface area (Å²) in [6, 6.07) is 7.50. The molecule has 0 bridgehead atoms. The lowest BCUT2D eigenvalue weighted by Gasteiger charge is -2.29. The smallest absolute Gasteiger partial charge is 0.393 e. The number of hydrogen-bond acceptors (Lipinski definition) is 3. The van der Waals surface area contributed by atoms with Crippen molar-refractivity contribution in [2.75, 3.05) is 27.2 Å². The van der Waals surface area contributed by atoms with Crippen molar-refractivity contribution in [1.29, 1.82) is 0 Å². The van der Waals surface area contributed by atoms with Crippen molar-refractivity contribution in [2.45, 2.75) is 12.2 Å². The normalized spacial score (nSPS) is 23.0. The fraction of sp³-hybridized carbons (Fsp3) is 0.500. The van der Waals surface area contributed by atoms with Crippen LogP contribution < -0.4 is 0 Å². The molecule has 0 aliphatic carbocycles. The Hall–Kier alpha value is -2.09. The number of carboxylic acid groups (broad SMARTS) is 1. The van der Waals surface area contributed by atoms with Crippen molar-refractivity contribution in [3.05, 3.63) is 35.9 Å². The first-order chi connectivity index (χ1) is 11.1. The summed E-state index contributed by atoms with van der Waals surface area (Å²) in [5.41, 5.74) is 0.545. The molecular weight excluding hydrogens is 325 g/mol. The number of benzene rings is 1. The van der Waals surface area contributed by atoms with Gasteiger partial charge in [0.1, 0.15) is 6.04 Å². The highest BCUT2D eigenvalue weighted by Gasteiger charge is 2.54. The molecular formula is C16H19F3N2O3. The number of likely N-dealkylation sites (N-methyl/N-ethyl adjacent to an activating group) is 1. The molecule has 1 heterocycles. The predicted octanol–water partition coefficient (Wildman–Crippen LogP) is 2.01. The molecule has 1 aromatic rings. The maximum atomic E-state index is 13.2. The third-order valence-electron chi connectivity index (χ3n) is 4.24. The number of aliphatic carboxylic acids is 1. The van der Waals surface area contributed by atoms with Crippen molar-refractivity contribution in [1.82, 2.24) is 9.80 Å². The van der Waals surface area contributed by atoms with E-state index in [4.69, 9.17) is 5.11 Å². The van der Waals surface area contributed by atoms with Crippen molar-refractivity contribution >= 4 is 11.9 Å². The van der Waals surface area contributed by atoms with E-state index in [2.05, 4.69) is 0 Å². The van der Waals surface area contributed by atoms with Crippen LogP contribution in [0.2, 0.25) is 0 Å². The highest BCUT2D eigenvalue weighted by atomic mass is 19.4. The van der Waals surface area contributed by atoms with E-state index < -0.39 is 36.6 Å². The maximum absolute atomic E-state index is 13.2. The van der Waals surface area contributed by atoms with E-state index in [0.717, 1.165) is 0 Å². The average Bonchev–Trinajstić information content (AvgIpc) is 2.94. The summed E-state index contributed by atoms with van der Waals surface area (Å²) in [6.07, 6.45) is -4.62. The van der Waals surface area contributed by atoms with Gasteiger partial charge in [-0.15, -0.1) is 0 Å². The van der Waals surface area contributed by atoms with Crippen LogP contribution in [0.15, 0.2) is 30.3 Å². The number of hydrogen-bond donors (Lipinski definition) is 1. The summed E-state index contributed by atoms with van der Waals surface area (Å²) in [7, 11) is 3.04. The van der Waals surface area contributed by atoms with Gasteiger partial charge in [0.2, 0.25) is 5.91 Å². The first-order valence-corrected chi connectivity index (χ1v) is 7.42. The molecule has 1 N–H and O–H groups in total. The molecule has 1 aliphatic heterocycles. The van der Waals surface area contributed by atoms with Gasteiger partial charge in [-0.2, -0.15) is 13.2 Å². The van der Waals surface area contributed by atoms with E-state index >= 15 is 0 Å². The zero-order valence-electron chi connectivity index (χ0n) is 13.3. The van der Waals surface area contributed by atoms with E-state index in [-0.39, 0.29) is 12.5 Å². The maximum Gasteiger partial charge on any atom is 0.393 e. The number of likely N-dealkylation sites (tertiary alicyclic amines) is 1. The van der Waals surface area contributed by atoms with Gasteiger partial charge in [0.05, 0.1) is 11.8 Å². The number of carboxylic acids is 1. The molecule has 1 unspecified atom stereocenters. The molecule has 1 aromatic carbocycles. The lowest BCUT2D eigenvalue weighted by Crippen LogP contribution is -2.40. The third kappa shape index (κ3) is 3.69. The quantitative estimate of drug-likeness (QED) is 0.908. The Morgan fingerprint density at radius 2 is 1.79 bits per heavy atom. The lowest BCUT2D eigenvalue weighted by molar-refractivity contribution is -0.188. The Kier molecular flexibility index (Phi) is 5.17. The number of carbonyl (C=O) groups is 2. The van der Waals surface area contributed by atoms with Gasteiger partial charge in [0.25, 0.3) is 0 Å². The van der Waals surface area contributed by atoms with Crippen molar-refractivity contribution in [3.63, 3.8) is 0 Å². The zero-order chi connectivity index (χ0) is 18.1. The molecule has 1 fully saturated rings. The minimum atomic E-state index is -4.62. The molecule has 2 rings (SSSR count). The Bertz CT molecular complexity index is 604. The first-order valence-electron chi connectivity index (χ1n) is 7.42. The fourth-order valence-electron chi connectivity index (χ4n) is 3.02. The fourth-order valence-corrected chi connectivity index (χ4v) is 3.02. The number of nitrogens with zero attached hydrogens (tertiary/aromatic N) is 2. The Morgan fingerprint density at radius 1 is 1.21 bits per heavy atom. The molecule has 5 nitrogen and oxygen atoms in total. The van der Waals surface area contributed by atoms with Crippen LogP contribution in [0.3, 0.4) is 0 Å². The van der Waals surface area contributed by atoms with Crippen LogP contribution in [0.5, 0.6) is 0 Å². The van der Waals surface area contributed by atoms with E-state index in [1.807, 2.05) is 0 Å². The van der Waals surface area contributed by atoms with Gasteiger partial charge < -0.3 is 10.0 Å². The van der Waals surface area contributed by atoms with Gasteiger partial charge in [-0.3, -0.25) is 14.5 Å². The number of alkyl halides is 3. The molecule has 0 saturated carbocycles. The molecule has 1 amide bonds. The van der Waals surface area contributed by atoms with Gasteiger partial charge in [-0.25, -0.2) is 0 Å². The summed E-state index contributed by atoms with van der Waals surface area (Å²) in [5, 5.41) is 9.14. The average molecular weight is 344 g/mol. The van der Waals surface area contributed by atoms with Crippen LogP contribution in [-0.2, 0) is 9.59 Å². The molecule has 0 radical (unpaired) electrons. The highest BCUT2D eigenvalue weighted by Crippen LogP contribution is 2.41. The van der Waals surface area contributed by atoms with E-state index in [0.29, 0.717) is 5.56 Å². The highest BCUT2D eigenvalue weighted by molar-refractivity contribution is 5.83. The Morgan fingerprint density at radius 3 is 2.21 bits per heavy atom. The monoisotopic (exact) mass is 344 g/mol. The SMILES string of the molecule is CN(C)C(=O)C(c1ccccc1)N1C[C@@H](C(F)(F)F)[C@H](C(=O)O)C1. The summed E-state index contributed by atoms with van der Waals surface area (Å²) >= 11 is 0. The van der Waals surface area contributed by atoms with E-state index in [1.54, 1.807) is 30.3 Å². The zero-order valence-corrected chi connectivity index (χ0v) is 13.3. The minimum absolute atomic E-state index is 0.321. The molecule has 3 atom stereocenters. The Balaban J connectivity index is 2.37. The predicted molar refractivity (Wildman–Crippen MR) is 80.1 cm³/mol. The molecule has 1 saturated heterocycles. The van der Waals surface area contributed by atoms with Crippen molar-refractivity contribution < 1.29 is 27.9 Å². The number of carbonyl (C=O) groups excluding carboxylic acids is 1. The van der Waals surface area contributed by atoms with Crippen LogP contribution >= 0.6 is 0 Å². The van der Waals surface area contributed by atoms with Crippen LogP contribution in [0.1, 0.15) is 11.6 Å². The second kappa shape index (κ2) is 6.80. The van der Waals surface area contributed by atoms with Gasteiger partial charge >= 0.3 is 12.1 Å². The number of rotatable bonds is 4. The second-order valence-corrected chi connectivity index (χ2v) is 6.09. The first kappa shape index (κ1) is 18.3. The Labute approximate surface area is 137 Å². The lowest BCUT2D eigenvalue weighted by atomic mass is 9.96. The largest absolute Gasteiger partial charge is 0.481 e. The van der Waals surface area contributed by atoms with Gasteiger partial charge in [0, 0.05) is 27.2 Å². The second-order valence-electron chi connectivity index (χ2n) is 6.09. The van der Waals surface area contributed by atoms with Crippen molar-refractivity contribution in [3.8, 4) is 0 Å². The standard InChI is InChI=1S/C16H19F3N2O3/c1-20(2)14(22)13(10-6-4-3-5-7-10)21-8-11(15(23)24)12(9-21)16(17,18)19/h3-7,11-13H,8-9H2,1-2H3,(H,23,24)/t11-,12-,13?/m1/s1. The molecule has 24 heavy (non-hydrogen) atoms. The van der Waals surface area contributed by atoms with E-state index in [9.17, 15) is 22.8 Å². The summed E-state index contributed by atoms with van der Waals surface area (Å²) < 4.78 is 39.6. The molecule has 132 valence electrons. The third-order valence-corrected chi connectivity index (χ3v) is 4.24.